The number of methoxy groups -OCH3 is 1. The lowest BCUT2D eigenvalue weighted by Crippen LogP contribution is -1.94. The van der Waals surface area contributed by atoms with E-state index in [9.17, 15) is 5.26 Å². The van der Waals surface area contributed by atoms with Gasteiger partial charge < -0.3 is 4.74 Å². The van der Waals surface area contributed by atoms with Crippen LogP contribution in [0.1, 0.15) is 5.56 Å². The molecular weight excluding hydrogens is 322 g/mol. The van der Waals surface area contributed by atoms with Gasteiger partial charge in [0.05, 0.1) is 18.9 Å². The lowest BCUT2D eigenvalue weighted by molar-refractivity contribution is 0.380. The fourth-order valence-corrected chi connectivity index (χ4v) is 2.24. The predicted molar refractivity (Wildman–Crippen MR) is 75.2 cm³/mol. The molecule has 0 radical (unpaired) electrons. The summed E-state index contributed by atoms with van der Waals surface area (Å²) in [6.45, 7) is 0. The summed E-state index contributed by atoms with van der Waals surface area (Å²) >= 11 is 3.40. The van der Waals surface area contributed by atoms with Crippen molar-refractivity contribution in [1.82, 2.24) is 19.4 Å². The molecule has 0 aliphatic carbocycles. The molecule has 0 spiro atoms. The van der Waals surface area contributed by atoms with E-state index < -0.39 is 0 Å². The maximum atomic E-state index is 9.23. The first-order chi connectivity index (χ1) is 9.72. The van der Waals surface area contributed by atoms with Crippen LogP contribution in [0.15, 0.2) is 35.5 Å². The van der Waals surface area contributed by atoms with Crippen molar-refractivity contribution in [3.05, 3.63) is 41.0 Å². The van der Waals surface area contributed by atoms with Crippen LogP contribution in [-0.4, -0.2) is 26.5 Å². The Hall–Kier alpha value is -2.46. The minimum atomic E-state index is 0.305. The number of nitrogens with zero attached hydrogens (tertiary/aromatic N) is 5. The number of ether oxygens (including phenoxy) is 1. The molecule has 0 amide bonds. The van der Waals surface area contributed by atoms with E-state index in [1.165, 1.54) is 7.11 Å². The van der Waals surface area contributed by atoms with E-state index in [2.05, 4.69) is 37.0 Å². The highest BCUT2D eigenvalue weighted by molar-refractivity contribution is 9.10. The molecule has 98 valence electrons. The van der Waals surface area contributed by atoms with Crippen LogP contribution in [0, 0.1) is 11.3 Å². The zero-order chi connectivity index (χ0) is 14.1. The summed E-state index contributed by atoms with van der Waals surface area (Å²) in [6, 6.07) is 4.21. The van der Waals surface area contributed by atoms with Gasteiger partial charge in [0, 0.05) is 29.7 Å². The molecule has 0 fully saturated rings. The van der Waals surface area contributed by atoms with E-state index in [1.807, 2.05) is 6.20 Å². The summed E-state index contributed by atoms with van der Waals surface area (Å²) in [6.07, 6.45) is 6.83. The monoisotopic (exact) mass is 329 g/mol. The lowest BCUT2D eigenvalue weighted by Gasteiger charge is -2.05. The Morgan fingerprint density at radius 1 is 1.20 bits per heavy atom. The minimum absolute atomic E-state index is 0.305. The summed E-state index contributed by atoms with van der Waals surface area (Å²) < 4.78 is 7.51. The predicted octanol–water partition coefficient (Wildman–Crippen LogP) is 2.43. The molecule has 0 aliphatic rings. The molecule has 3 rings (SSSR count). The first-order valence-corrected chi connectivity index (χ1v) is 6.45. The van der Waals surface area contributed by atoms with Gasteiger partial charge in [0.2, 0.25) is 0 Å². The second-order valence-corrected chi connectivity index (χ2v) is 4.80. The number of imidazole rings is 1. The highest BCUT2D eigenvalue weighted by atomic mass is 79.9. The van der Waals surface area contributed by atoms with E-state index in [0.29, 0.717) is 17.2 Å². The number of halogens is 1. The van der Waals surface area contributed by atoms with Gasteiger partial charge in [0.25, 0.3) is 0 Å². The molecule has 3 heterocycles. The second kappa shape index (κ2) is 4.90. The fourth-order valence-electron chi connectivity index (χ4n) is 1.87. The third-order valence-corrected chi connectivity index (χ3v) is 3.41. The van der Waals surface area contributed by atoms with Crippen molar-refractivity contribution in [2.75, 3.05) is 7.11 Å². The van der Waals surface area contributed by atoms with Crippen molar-refractivity contribution in [3.63, 3.8) is 0 Å². The zero-order valence-electron chi connectivity index (χ0n) is 10.4. The molecule has 20 heavy (non-hydrogen) atoms. The van der Waals surface area contributed by atoms with Gasteiger partial charge in [-0.25, -0.2) is 15.0 Å². The molecule has 0 saturated heterocycles. The van der Waals surface area contributed by atoms with Crippen LogP contribution in [0.25, 0.3) is 16.8 Å². The highest BCUT2D eigenvalue weighted by Crippen LogP contribution is 2.24. The zero-order valence-corrected chi connectivity index (χ0v) is 12.0. The largest absolute Gasteiger partial charge is 0.467 e. The summed E-state index contributed by atoms with van der Waals surface area (Å²) in [5.74, 6) is 0. The fraction of sp³-hybridized carbons (Fsp3) is 0.0769. The van der Waals surface area contributed by atoms with Gasteiger partial charge in [-0.15, -0.1) is 0 Å². The second-order valence-electron chi connectivity index (χ2n) is 3.99. The lowest BCUT2D eigenvalue weighted by atomic mass is 10.1. The third-order valence-electron chi connectivity index (χ3n) is 2.83. The summed E-state index contributed by atoms with van der Waals surface area (Å²) in [5.41, 5.74) is 2.72. The molecule has 0 bridgehead atoms. The van der Waals surface area contributed by atoms with Crippen LogP contribution < -0.4 is 4.74 Å². The number of hydrogen-bond acceptors (Lipinski definition) is 5. The summed E-state index contributed by atoms with van der Waals surface area (Å²) in [4.78, 5) is 12.3. The Balaban J connectivity index is 2.20. The van der Waals surface area contributed by atoms with Gasteiger partial charge in [-0.05, 0) is 22.0 Å². The summed E-state index contributed by atoms with van der Waals surface area (Å²) in [5, 5.41) is 9.23. The Morgan fingerprint density at radius 2 is 1.95 bits per heavy atom. The van der Waals surface area contributed by atoms with Gasteiger partial charge in [0.1, 0.15) is 10.7 Å². The van der Waals surface area contributed by atoms with Crippen molar-refractivity contribution in [3.8, 4) is 23.2 Å². The molecule has 0 N–H and O–H groups in total. The van der Waals surface area contributed by atoms with Crippen molar-refractivity contribution in [1.29, 1.82) is 5.26 Å². The quantitative estimate of drug-likeness (QED) is 0.721. The van der Waals surface area contributed by atoms with Crippen LogP contribution in [0.4, 0.5) is 0 Å². The number of rotatable bonds is 2. The van der Waals surface area contributed by atoms with Gasteiger partial charge in [-0.3, -0.25) is 4.40 Å². The third kappa shape index (κ3) is 2.00. The van der Waals surface area contributed by atoms with Crippen LogP contribution in [0.3, 0.4) is 0 Å². The van der Waals surface area contributed by atoms with Crippen LogP contribution in [0.2, 0.25) is 0 Å². The van der Waals surface area contributed by atoms with E-state index in [1.54, 1.807) is 29.1 Å². The van der Waals surface area contributed by atoms with Gasteiger partial charge in [-0.2, -0.15) is 5.26 Å². The standard InChI is InChI=1S/C13H8BrN5O/c1-20-13-17-4-10(5-18-13)9-2-8(3-15)12-16-6-11(14)19(12)7-9/h2,4-7H,1H3. The normalized spacial score (nSPS) is 10.4. The Morgan fingerprint density at radius 3 is 2.60 bits per heavy atom. The van der Waals surface area contributed by atoms with Gasteiger partial charge in [-0.1, -0.05) is 0 Å². The van der Waals surface area contributed by atoms with Crippen LogP contribution in [-0.2, 0) is 0 Å². The molecule has 0 atom stereocenters. The maximum absolute atomic E-state index is 9.23. The molecule has 3 aromatic heterocycles. The number of fused-ring (bicyclic) bond motifs is 1. The van der Waals surface area contributed by atoms with Crippen LogP contribution in [0.5, 0.6) is 6.01 Å². The number of aromatic nitrogens is 4. The first-order valence-electron chi connectivity index (χ1n) is 5.66. The van der Waals surface area contributed by atoms with Crippen molar-refractivity contribution in [2.45, 2.75) is 0 Å². The molecule has 7 heteroatoms. The average Bonchev–Trinajstić information content (AvgIpc) is 2.88. The van der Waals surface area contributed by atoms with Crippen molar-refractivity contribution < 1.29 is 4.74 Å². The molecule has 3 aromatic rings. The number of pyridine rings is 1. The van der Waals surface area contributed by atoms with Crippen molar-refractivity contribution >= 4 is 21.6 Å². The minimum Gasteiger partial charge on any atom is -0.467 e. The van der Waals surface area contributed by atoms with E-state index in [-0.39, 0.29) is 0 Å². The van der Waals surface area contributed by atoms with Crippen molar-refractivity contribution in [2.24, 2.45) is 0 Å². The molecule has 0 unspecified atom stereocenters. The molecule has 0 saturated carbocycles. The van der Waals surface area contributed by atoms with E-state index >= 15 is 0 Å². The smallest absolute Gasteiger partial charge is 0.316 e. The maximum Gasteiger partial charge on any atom is 0.316 e. The summed E-state index contributed by atoms with van der Waals surface area (Å²) in [7, 11) is 1.51. The highest BCUT2D eigenvalue weighted by Gasteiger charge is 2.10. The number of hydrogen-bond donors (Lipinski definition) is 0. The Labute approximate surface area is 122 Å². The van der Waals surface area contributed by atoms with Gasteiger partial charge >= 0.3 is 6.01 Å². The average molecular weight is 330 g/mol. The Kier molecular flexibility index (Phi) is 3.08. The molecular formula is C13H8BrN5O. The van der Waals surface area contributed by atoms with E-state index in [0.717, 1.165) is 15.7 Å². The molecule has 0 aromatic carbocycles. The first kappa shape index (κ1) is 12.6. The van der Waals surface area contributed by atoms with Gasteiger partial charge in [0.15, 0.2) is 5.65 Å². The topological polar surface area (TPSA) is 76.1 Å². The number of nitriles is 1. The SMILES string of the molecule is COc1ncc(-c2cc(C#N)c3ncc(Br)n3c2)cn1. The molecule has 6 nitrogen and oxygen atoms in total. The van der Waals surface area contributed by atoms with E-state index in [4.69, 9.17) is 4.74 Å². The molecule has 0 aliphatic heterocycles. The van der Waals surface area contributed by atoms with Crippen LogP contribution >= 0.6 is 15.9 Å². The Bertz CT molecular complexity index is 819.